The van der Waals surface area contributed by atoms with Crippen molar-refractivity contribution in [2.45, 2.75) is 6.54 Å². The smallest absolute Gasteiger partial charge is 0.338 e. The summed E-state index contributed by atoms with van der Waals surface area (Å²) in [6, 6.07) is 7.80. The van der Waals surface area contributed by atoms with Gasteiger partial charge in [0.1, 0.15) is 5.82 Å². The largest absolute Gasteiger partial charge is 0.478 e. The number of hydrogen-bond acceptors (Lipinski definition) is 2. The molecule has 2 N–H and O–H groups in total. The van der Waals surface area contributed by atoms with E-state index < -0.39 is 11.8 Å². The molecule has 1 heterocycles. The molecule has 1 aromatic carbocycles. The molecule has 0 saturated carbocycles. The number of rotatable bonds is 4. The Bertz CT molecular complexity index is 523. The van der Waals surface area contributed by atoms with Gasteiger partial charge in [0.2, 0.25) is 0 Å². The van der Waals surface area contributed by atoms with Gasteiger partial charge in [-0.15, -0.1) is 0 Å². The van der Waals surface area contributed by atoms with Crippen molar-refractivity contribution >= 4 is 5.97 Å². The Labute approximate surface area is 97.3 Å². The summed E-state index contributed by atoms with van der Waals surface area (Å²) < 4.78 is 15.1. The number of carbonyl (C=O) groups is 1. The zero-order valence-corrected chi connectivity index (χ0v) is 8.93. The maximum absolute atomic E-state index is 13.4. The fraction of sp³-hybridized carbons (Fsp3) is 0.0833. The maximum Gasteiger partial charge on any atom is 0.338 e. The number of aromatic nitrogens is 1. The third-order valence-electron chi connectivity index (χ3n) is 2.33. The average molecular weight is 234 g/mol. The molecule has 88 valence electrons. The highest BCUT2D eigenvalue weighted by Gasteiger charge is 2.09. The van der Waals surface area contributed by atoms with Crippen LogP contribution < -0.4 is 5.43 Å². The quantitative estimate of drug-likeness (QED) is 0.851. The number of carboxylic acids is 1. The lowest BCUT2D eigenvalue weighted by Crippen LogP contribution is -2.12. The van der Waals surface area contributed by atoms with Crippen molar-refractivity contribution in [3.8, 4) is 0 Å². The molecule has 1 aromatic heterocycles. The molecule has 0 unspecified atom stereocenters. The van der Waals surface area contributed by atoms with E-state index in [0.29, 0.717) is 12.1 Å². The molecule has 0 aliphatic rings. The van der Waals surface area contributed by atoms with Gasteiger partial charge in [-0.05, 0) is 29.8 Å². The van der Waals surface area contributed by atoms with Crippen molar-refractivity contribution < 1.29 is 14.3 Å². The van der Waals surface area contributed by atoms with Gasteiger partial charge < -0.3 is 10.5 Å². The van der Waals surface area contributed by atoms with Crippen molar-refractivity contribution in [3.05, 3.63) is 59.7 Å². The van der Waals surface area contributed by atoms with Crippen LogP contribution in [0.15, 0.2) is 42.7 Å². The number of nitrogens with one attached hydrogen (secondary N) is 1. The molecule has 0 amide bonds. The monoisotopic (exact) mass is 234 g/mol. The predicted molar refractivity (Wildman–Crippen MR) is 60.9 cm³/mol. The van der Waals surface area contributed by atoms with E-state index in [4.69, 9.17) is 5.11 Å². The van der Waals surface area contributed by atoms with Gasteiger partial charge in [-0.3, -0.25) is 4.68 Å². The van der Waals surface area contributed by atoms with Crippen LogP contribution in [0.2, 0.25) is 0 Å². The first-order chi connectivity index (χ1) is 8.16. The van der Waals surface area contributed by atoms with E-state index in [1.54, 1.807) is 10.7 Å². The van der Waals surface area contributed by atoms with E-state index in [1.807, 2.05) is 24.5 Å². The minimum absolute atomic E-state index is 0.310. The number of nitrogens with zero attached hydrogens (tertiary/aromatic N) is 1. The molecule has 0 aliphatic carbocycles. The lowest BCUT2D eigenvalue weighted by Gasteiger charge is -2.08. The molecular formula is C12H11FN2O2. The minimum atomic E-state index is -1.26. The van der Waals surface area contributed by atoms with Crippen molar-refractivity contribution in [1.29, 1.82) is 0 Å². The molecule has 0 bridgehead atoms. The first-order valence-corrected chi connectivity index (χ1v) is 5.05. The standard InChI is InChI=1S/C12H11FN2O2/c13-11-7-9(3-4-10(11)12(16)17)8-14-15-5-1-2-6-15/h1-7,14H,8H2,(H,16,17). The van der Waals surface area contributed by atoms with Crippen LogP contribution in [0, 0.1) is 5.82 Å². The number of carboxylic acid groups (broad SMARTS) is 1. The molecule has 2 rings (SSSR count). The Kier molecular flexibility index (Phi) is 3.09. The topological polar surface area (TPSA) is 54.3 Å². The fourth-order valence-corrected chi connectivity index (χ4v) is 1.46. The summed E-state index contributed by atoms with van der Waals surface area (Å²) in [5.41, 5.74) is 3.39. The Hall–Kier alpha value is -2.30. The Morgan fingerprint density at radius 1 is 1.35 bits per heavy atom. The molecule has 0 atom stereocenters. The molecule has 5 heteroatoms. The second kappa shape index (κ2) is 4.69. The van der Waals surface area contributed by atoms with Gasteiger partial charge in [0.15, 0.2) is 0 Å². The van der Waals surface area contributed by atoms with Crippen LogP contribution >= 0.6 is 0 Å². The fourth-order valence-electron chi connectivity index (χ4n) is 1.46. The van der Waals surface area contributed by atoms with Crippen LogP contribution in [0.4, 0.5) is 4.39 Å². The summed E-state index contributed by atoms with van der Waals surface area (Å²) in [7, 11) is 0. The zero-order chi connectivity index (χ0) is 12.3. The maximum atomic E-state index is 13.4. The number of halogens is 1. The van der Waals surface area contributed by atoms with Gasteiger partial charge in [-0.1, -0.05) is 6.07 Å². The van der Waals surface area contributed by atoms with Gasteiger partial charge in [0, 0.05) is 12.4 Å². The summed E-state index contributed by atoms with van der Waals surface area (Å²) in [5, 5.41) is 8.68. The second-order valence-corrected chi connectivity index (χ2v) is 3.54. The van der Waals surface area contributed by atoms with Gasteiger partial charge in [-0.25, -0.2) is 9.18 Å². The van der Waals surface area contributed by atoms with Crippen LogP contribution in [0.5, 0.6) is 0 Å². The summed E-state index contributed by atoms with van der Waals surface area (Å²) in [6.07, 6.45) is 3.64. The van der Waals surface area contributed by atoms with Crippen molar-refractivity contribution in [1.82, 2.24) is 4.68 Å². The van der Waals surface area contributed by atoms with Crippen molar-refractivity contribution in [2.24, 2.45) is 0 Å². The SMILES string of the molecule is O=C(O)c1ccc(CNn2cccc2)cc1F. The van der Waals surface area contributed by atoms with Crippen LogP contribution in [0.25, 0.3) is 0 Å². The lowest BCUT2D eigenvalue weighted by molar-refractivity contribution is 0.0692. The lowest BCUT2D eigenvalue weighted by atomic mass is 10.1. The third kappa shape index (κ3) is 2.63. The molecular weight excluding hydrogens is 223 g/mol. The average Bonchev–Trinajstić information content (AvgIpc) is 2.78. The summed E-state index contributed by atoms with van der Waals surface area (Å²) in [4.78, 5) is 10.6. The van der Waals surface area contributed by atoms with E-state index in [2.05, 4.69) is 5.43 Å². The Balaban J connectivity index is 2.07. The van der Waals surface area contributed by atoms with Gasteiger partial charge >= 0.3 is 5.97 Å². The highest BCUT2D eigenvalue weighted by molar-refractivity contribution is 5.87. The summed E-state index contributed by atoms with van der Waals surface area (Å²) in [6.45, 7) is 0.422. The highest BCUT2D eigenvalue weighted by atomic mass is 19.1. The Morgan fingerprint density at radius 3 is 2.65 bits per heavy atom. The summed E-state index contributed by atoms with van der Waals surface area (Å²) in [5.74, 6) is -1.98. The molecule has 0 fully saturated rings. The number of benzene rings is 1. The highest BCUT2D eigenvalue weighted by Crippen LogP contribution is 2.10. The predicted octanol–water partition coefficient (Wildman–Crippen LogP) is 2.07. The molecule has 0 radical (unpaired) electrons. The molecule has 4 nitrogen and oxygen atoms in total. The van der Waals surface area contributed by atoms with E-state index in [1.165, 1.54) is 12.1 Å². The molecule has 0 spiro atoms. The zero-order valence-electron chi connectivity index (χ0n) is 8.93. The minimum Gasteiger partial charge on any atom is -0.478 e. The van der Waals surface area contributed by atoms with Crippen LogP contribution in [-0.4, -0.2) is 15.8 Å². The Morgan fingerprint density at radius 2 is 2.06 bits per heavy atom. The third-order valence-corrected chi connectivity index (χ3v) is 2.33. The van der Waals surface area contributed by atoms with E-state index in [-0.39, 0.29) is 5.56 Å². The number of hydrogen-bond donors (Lipinski definition) is 2. The normalized spacial score (nSPS) is 10.2. The number of aromatic carboxylic acids is 1. The van der Waals surface area contributed by atoms with Crippen molar-refractivity contribution in [2.75, 3.05) is 5.43 Å². The molecule has 17 heavy (non-hydrogen) atoms. The van der Waals surface area contributed by atoms with Crippen LogP contribution in [-0.2, 0) is 6.54 Å². The van der Waals surface area contributed by atoms with Crippen molar-refractivity contribution in [3.63, 3.8) is 0 Å². The van der Waals surface area contributed by atoms with Crippen LogP contribution in [0.1, 0.15) is 15.9 Å². The van der Waals surface area contributed by atoms with Crippen LogP contribution in [0.3, 0.4) is 0 Å². The first kappa shape index (κ1) is 11.2. The second-order valence-electron chi connectivity index (χ2n) is 3.54. The van der Waals surface area contributed by atoms with E-state index >= 15 is 0 Å². The molecule has 0 saturated heterocycles. The van der Waals surface area contributed by atoms with Gasteiger partial charge in [0.25, 0.3) is 0 Å². The molecule has 2 aromatic rings. The molecule has 0 aliphatic heterocycles. The van der Waals surface area contributed by atoms with E-state index in [9.17, 15) is 9.18 Å². The summed E-state index contributed by atoms with van der Waals surface area (Å²) >= 11 is 0. The first-order valence-electron chi connectivity index (χ1n) is 5.05. The van der Waals surface area contributed by atoms with E-state index in [0.717, 1.165) is 0 Å². The van der Waals surface area contributed by atoms with Gasteiger partial charge in [-0.2, -0.15) is 0 Å². The van der Waals surface area contributed by atoms with Gasteiger partial charge in [0.05, 0.1) is 12.1 Å².